The number of benzene rings is 1. The Bertz CT molecular complexity index is 755. The summed E-state index contributed by atoms with van der Waals surface area (Å²) in [6.45, 7) is 0.471. The van der Waals surface area contributed by atoms with Crippen LogP contribution in [0.25, 0.3) is 0 Å². The first-order valence-electron chi connectivity index (χ1n) is 8.90. The van der Waals surface area contributed by atoms with E-state index in [1.807, 2.05) is 55.4 Å². The zero-order valence-electron chi connectivity index (χ0n) is 15.2. The number of anilines is 1. The first kappa shape index (κ1) is 18.2. The van der Waals surface area contributed by atoms with Gasteiger partial charge in [0, 0.05) is 24.6 Å². The summed E-state index contributed by atoms with van der Waals surface area (Å²) in [6.07, 6.45) is 3.19. The summed E-state index contributed by atoms with van der Waals surface area (Å²) < 4.78 is 5.45. The van der Waals surface area contributed by atoms with Crippen LogP contribution in [0.5, 0.6) is 0 Å². The van der Waals surface area contributed by atoms with E-state index >= 15 is 0 Å². The van der Waals surface area contributed by atoms with Gasteiger partial charge in [-0.25, -0.2) is 0 Å². The number of amides is 2. The zero-order chi connectivity index (χ0) is 18.5. The predicted octanol–water partition coefficient (Wildman–Crippen LogP) is 2.59. The molecule has 0 spiro atoms. The molecular formula is C20H25N3O3. The number of hydrogen-bond acceptors (Lipinski definition) is 4. The minimum Gasteiger partial charge on any atom is -0.468 e. The van der Waals surface area contributed by atoms with E-state index in [2.05, 4.69) is 10.6 Å². The van der Waals surface area contributed by atoms with Crippen LogP contribution in [-0.4, -0.2) is 37.4 Å². The van der Waals surface area contributed by atoms with Crippen LogP contribution in [0.15, 0.2) is 47.1 Å². The van der Waals surface area contributed by atoms with Gasteiger partial charge in [-0.3, -0.25) is 14.5 Å². The molecule has 2 amide bonds. The van der Waals surface area contributed by atoms with Gasteiger partial charge in [-0.05, 0) is 50.7 Å². The topological polar surface area (TPSA) is 74.6 Å². The Morgan fingerprint density at radius 3 is 2.85 bits per heavy atom. The van der Waals surface area contributed by atoms with Gasteiger partial charge in [-0.2, -0.15) is 0 Å². The standard InChI is InChI=1S/C20H25N3O3/c1-23(2)17(18-8-5-11-26-18)13-21-19(24)10-9-15-12-14-6-3-4-7-16(14)22-20(15)25/h3-8,11,15,17H,9-10,12-13H2,1-2H3,(H,21,24)(H,22,25). The lowest BCUT2D eigenvalue weighted by molar-refractivity contribution is -0.123. The fourth-order valence-electron chi connectivity index (χ4n) is 3.27. The van der Waals surface area contributed by atoms with Gasteiger partial charge >= 0.3 is 0 Å². The molecule has 0 fully saturated rings. The van der Waals surface area contributed by atoms with Gasteiger partial charge in [0.05, 0.1) is 12.3 Å². The SMILES string of the molecule is CN(C)C(CNC(=O)CCC1Cc2ccccc2NC1=O)c1ccco1. The number of para-hydroxylation sites is 1. The number of likely N-dealkylation sites (N-methyl/N-ethyl adjacent to an activating group) is 1. The third kappa shape index (κ3) is 4.32. The van der Waals surface area contributed by atoms with Crippen molar-refractivity contribution < 1.29 is 14.0 Å². The Labute approximate surface area is 153 Å². The van der Waals surface area contributed by atoms with E-state index in [4.69, 9.17) is 4.42 Å². The maximum absolute atomic E-state index is 12.2. The van der Waals surface area contributed by atoms with Gasteiger partial charge < -0.3 is 15.1 Å². The number of rotatable bonds is 7. The average Bonchev–Trinajstić information content (AvgIpc) is 3.14. The minimum absolute atomic E-state index is 0.00162. The number of furan rings is 1. The molecule has 0 saturated carbocycles. The van der Waals surface area contributed by atoms with Crippen LogP contribution in [0.2, 0.25) is 0 Å². The lowest BCUT2D eigenvalue weighted by Gasteiger charge is -2.25. The third-order valence-corrected chi connectivity index (χ3v) is 4.82. The minimum atomic E-state index is -0.162. The number of carbonyl (C=O) groups excluding carboxylic acids is 2. The van der Waals surface area contributed by atoms with E-state index in [0.29, 0.717) is 25.8 Å². The Morgan fingerprint density at radius 1 is 1.31 bits per heavy atom. The molecule has 2 aromatic rings. The Balaban J connectivity index is 1.49. The molecule has 1 aliphatic heterocycles. The molecule has 2 heterocycles. The van der Waals surface area contributed by atoms with Crippen molar-refractivity contribution in [1.82, 2.24) is 10.2 Å². The Hall–Kier alpha value is -2.60. The van der Waals surface area contributed by atoms with Crippen LogP contribution in [0, 0.1) is 5.92 Å². The monoisotopic (exact) mass is 355 g/mol. The quantitative estimate of drug-likeness (QED) is 0.801. The van der Waals surface area contributed by atoms with Crippen molar-refractivity contribution in [2.75, 3.05) is 26.0 Å². The number of hydrogen-bond donors (Lipinski definition) is 2. The number of fused-ring (bicyclic) bond motifs is 1. The molecule has 1 aliphatic rings. The lowest BCUT2D eigenvalue weighted by Crippen LogP contribution is -2.35. The van der Waals surface area contributed by atoms with E-state index in [1.165, 1.54) is 0 Å². The lowest BCUT2D eigenvalue weighted by atomic mass is 9.89. The molecule has 1 aromatic carbocycles. The van der Waals surface area contributed by atoms with Gasteiger partial charge in [0.2, 0.25) is 11.8 Å². The summed E-state index contributed by atoms with van der Waals surface area (Å²) >= 11 is 0. The molecule has 1 aromatic heterocycles. The van der Waals surface area contributed by atoms with Crippen molar-refractivity contribution in [3.8, 4) is 0 Å². The summed E-state index contributed by atoms with van der Waals surface area (Å²) in [7, 11) is 3.90. The molecule has 2 atom stereocenters. The molecule has 2 N–H and O–H groups in total. The summed E-state index contributed by atoms with van der Waals surface area (Å²) in [5.41, 5.74) is 2.01. The van der Waals surface area contributed by atoms with Crippen molar-refractivity contribution in [3.05, 3.63) is 54.0 Å². The summed E-state index contributed by atoms with van der Waals surface area (Å²) in [6, 6.07) is 11.5. The molecule has 3 rings (SSSR count). The second-order valence-corrected chi connectivity index (χ2v) is 6.89. The predicted molar refractivity (Wildman–Crippen MR) is 99.6 cm³/mol. The van der Waals surface area contributed by atoms with Crippen molar-refractivity contribution in [1.29, 1.82) is 0 Å². The molecule has 0 radical (unpaired) electrons. The molecule has 2 unspecified atom stereocenters. The highest BCUT2D eigenvalue weighted by molar-refractivity contribution is 5.96. The zero-order valence-corrected chi connectivity index (χ0v) is 15.2. The molecule has 138 valence electrons. The maximum Gasteiger partial charge on any atom is 0.227 e. The molecule has 0 aliphatic carbocycles. The van der Waals surface area contributed by atoms with Crippen LogP contribution >= 0.6 is 0 Å². The van der Waals surface area contributed by atoms with Crippen LogP contribution in [0.3, 0.4) is 0 Å². The van der Waals surface area contributed by atoms with Gasteiger partial charge in [0.15, 0.2) is 0 Å². The summed E-state index contributed by atoms with van der Waals surface area (Å²) in [4.78, 5) is 26.5. The number of nitrogens with zero attached hydrogens (tertiary/aromatic N) is 1. The fraction of sp³-hybridized carbons (Fsp3) is 0.400. The smallest absolute Gasteiger partial charge is 0.227 e. The van der Waals surface area contributed by atoms with Gasteiger partial charge in [0.1, 0.15) is 5.76 Å². The summed E-state index contributed by atoms with van der Waals surface area (Å²) in [5, 5.41) is 5.88. The Morgan fingerprint density at radius 2 is 2.12 bits per heavy atom. The second kappa shape index (κ2) is 8.19. The third-order valence-electron chi connectivity index (χ3n) is 4.82. The van der Waals surface area contributed by atoms with Gasteiger partial charge in [0.25, 0.3) is 0 Å². The van der Waals surface area contributed by atoms with E-state index in [0.717, 1.165) is 17.0 Å². The average molecular weight is 355 g/mol. The fourth-order valence-corrected chi connectivity index (χ4v) is 3.27. The first-order valence-corrected chi connectivity index (χ1v) is 8.90. The maximum atomic E-state index is 12.2. The van der Waals surface area contributed by atoms with Crippen LogP contribution in [0.4, 0.5) is 5.69 Å². The van der Waals surface area contributed by atoms with Gasteiger partial charge in [-0.1, -0.05) is 18.2 Å². The second-order valence-electron chi connectivity index (χ2n) is 6.89. The van der Waals surface area contributed by atoms with Crippen LogP contribution < -0.4 is 10.6 Å². The summed E-state index contributed by atoms with van der Waals surface area (Å²) in [5.74, 6) is 0.609. The van der Waals surface area contributed by atoms with Crippen molar-refractivity contribution in [2.45, 2.75) is 25.3 Å². The Kier molecular flexibility index (Phi) is 5.73. The highest BCUT2D eigenvalue weighted by atomic mass is 16.3. The van der Waals surface area contributed by atoms with Crippen molar-refractivity contribution >= 4 is 17.5 Å². The molecule has 26 heavy (non-hydrogen) atoms. The highest BCUT2D eigenvalue weighted by Gasteiger charge is 2.26. The largest absolute Gasteiger partial charge is 0.468 e. The number of carbonyl (C=O) groups is 2. The first-order chi connectivity index (χ1) is 12.5. The molecule has 6 heteroatoms. The highest BCUT2D eigenvalue weighted by Crippen LogP contribution is 2.27. The van der Waals surface area contributed by atoms with Gasteiger partial charge in [-0.15, -0.1) is 0 Å². The van der Waals surface area contributed by atoms with E-state index in [-0.39, 0.29) is 23.8 Å². The van der Waals surface area contributed by atoms with E-state index in [1.54, 1.807) is 6.26 Å². The van der Waals surface area contributed by atoms with Crippen molar-refractivity contribution in [3.63, 3.8) is 0 Å². The molecule has 0 bridgehead atoms. The normalized spacial score (nSPS) is 17.5. The van der Waals surface area contributed by atoms with E-state index in [9.17, 15) is 9.59 Å². The molecule has 0 saturated heterocycles. The molecule has 6 nitrogen and oxygen atoms in total. The van der Waals surface area contributed by atoms with E-state index < -0.39 is 0 Å². The van der Waals surface area contributed by atoms with Crippen LogP contribution in [-0.2, 0) is 16.0 Å². The number of nitrogens with one attached hydrogen (secondary N) is 2. The van der Waals surface area contributed by atoms with Crippen molar-refractivity contribution in [2.24, 2.45) is 5.92 Å². The molecular weight excluding hydrogens is 330 g/mol. The van der Waals surface area contributed by atoms with Crippen LogP contribution in [0.1, 0.15) is 30.2 Å².